The number of pyridine rings is 1. The van der Waals surface area contributed by atoms with E-state index < -0.39 is 24.7 Å². The summed E-state index contributed by atoms with van der Waals surface area (Å²) in [6, 6.07) is 3.70. The van der Waals surface area contributed by atoms with E-state index >= 15 is 0 Å². The van der Waals surface area contributed by atoms with E-state index in [1.807, 2.05) is 5.32 Å². The van der Waals surface area contributed by atoms with E-state index in [1.165, 1.54) is 24.4 Å². The van der Waals surface area contributed by atoms with Gasteiger partial charge in [-0.1, -0.05) is 6.07 Å². The molecule has 1 N–H and O–H groups in total. The summed E-state index contributed by atoms with van der Waals surface area (Å²) in [6.07, 6.45) is -0.0567. The lowest BCUT2D eigenvalue weighted by atomic mass is 10.1. The fourth-order valence-corrected chi connectivity index (χ4v) is 2.75. The van der Waals surface area contributed by atoms with Gasteiger partial charge in [0.25, 0.3) is 5.91 Å². The van der Waals surface area contributed by atoms with Gasteiger partial charge in [-0.05, 0) is 25.0 Å². The zero-order valence-corrected chi connectivity index (χ0v) is 14.3. The van der Waals surface area contributed by atoms with Crippen LogP contribution in [-0.2, 0) is 4.79 Å². The summed E-state index contributed by atoms with van der Waals surface area (Å²) in [4.78, 5) is 17.6. The molecule has 0 radical (unpaired) electrons. The summed E-state index contributed by atoms with van der Waals surface area (Å²) < 4.78 is 44.8. The van der Waals surface area contributed by atoms with Crippen molar-refractivity contribution in [2.75, 3.05) is 24.6 Å². The number of ether oxygens (including phenoxy) is 1. The first kappa shape index (κ1) is 18.9. The third kappa shape index (κ3) is 5.05. The second-order valence-corrected chi connectivity index (χ2v) is 6.04. The maximum absolute atomic E-state index is 13.2. The Morgan fingerprint density at radius 1 is 1.22 bits per heavy atom. The summed E-state index contributed by atoms with van der Waals surface area (Å²) in [5.41, 5.74) is -0.159. The zero-order chi connectivity index (χ0) is 19.3. The zero-order valence-electron chi connectivity index (χ0n) is 14.3. The van der Waals surface area contributed by atoms with Crippen LogP contribution in [-0.4, -0.2) is 47.0 Å². The Balaban J connectivity index is 1.56. The normalized spacial score (nSPS) is 15.4. The third-order valence-corrected chi connectivity index (χ3v) is 4.06. The lowest BCUT2D eigenvalue weighted by Gasteiger charge is -2.21. The van der Waals surface area contributed by atoms with Crippen molar-refractivity contribution in [2.45, 2.75) is 25.1 Å². The van der Waals surface area contributed by atoms with Crippen molar-refractivity contribution in [1.29, 1.82) is 0 Å². The van der Waals surface area contributed by atoms with Crippen LogP contribution in [0.3, 0.4) is 0 Å². The molecule has 2 aromatic heterocycles. The molecule has 2 aromatic rings. The number of amides is 1. The highest BCUT2D eigenvalue weighted by Crippen LogP contribution is 2.32. The van der Waals surface area contributed by atoms with Crippen LogP contribution < -0.4 is 15.0 Å². The predicted octanol–water partition coefficient (Wildman–Crippen LogP) is 2.27. The highest BCUT2D eigenvalue weighted by molar-refractivity contribution is 5.78. The highest BCUT2D eigenvalue weighted by atomic mass is 19.4. The first-order chi connectivity index (χ1) is 12.9. The van der Waals surface area contributed by atoms with Gasteiger partial charge in [-0.2, -0.15) is 13.2 Å². The molecule has 0 spiro atoms. The van der Waals surface area contributed by atoms with Crippen LogP contribution in [0.4, 0.5) is 19.0 Å². The number of rotatable bonds is 6. The molecule has 0 saturated carbocycles. The quantitative estimate of drug-likeness (QED) is 0.827. The molecule has 1 aliphatic heterocycles. The van der Waals surface area contributed by atoms with Crippen molar-refractivity contribution in [2.24, 2.45) is 0 Å². The highest BCUT2D eigenvalue weighted by Gasteiger charge is 2.42. The molecule has 0 bridgehead atoms. The Bertz CT molecular complexity index is 749. The van der Waals surface area contributed by atoms with E-state index in [0.717, 1.165) is 32.1 Å². The standard InChI is InChI=1S/C17H18F3N5O2/c18-17(19,20)16(12-4-3-7-21-10-12)22-14(26)11-27-15-6-5-13(23-24-15)25-8-1-2-9-25/h3-7,10,16H,1-2,8-9,11H2,(H,22,26). The Hall–Kier alpha value is -2.91. The summed E-state index contributed by atoms with van der Waals surface area (Å²) >= 11 is 0. The Kier molecular flexibility index (Phi) is 5.72. The van der Waals surface area contributed by atoms with Crippen molar-refractivity contribution < 1.29 is 22.7 Å². The van der Waals surface area contributed by atoms with Gasteiger partial charge >= 0.3 is 6.18 Å². The number of alkyl halides is 3. The second-order valence-electron chi connectivity index (χ2n) is 6.04. The molecule has 1 fully saturated rings. The number of aromatic nitrogens is 3. The van der Waals surface area contributed by atoms with Crippen LogP contribution in [0.5, 0.6) is 5.88 Å². The Morgan fingerprint density at radius 2 is 2.00 bits per heavy atom. The molecule has 10 heteroatoms. The molecule has 1 aliphatic rings. The largest absolute Gasteiger partial charge is 0.466 e. The molecule has 3 heterocycles. The number of carbonyl (C=O) groups excluding carboxylic acids is 1. The molecular weight excluding hydrogens is 363 g/mol. The molecule has 1 unspecified atom stereocenters. The smallest absolute Gasteiger partial charge is 0.412 e. The molecule has 3 rings (SSSR count). The van der Waals surface area contributed by atoms with Gasteiger partial charge < -0.3 is 15.0 Å². The summed E-state index contributed by atoms with van der Waals surface area (Å²) in [5, 5.41) is 9.79. The van der Waals surface area contributed by atoms with Gasteiger partial charge in [-0.25, -0.2) is 0 Å². The second kappa shape index (κ2) is 8.19. The third-order valence-electron chi connectivity index (χ3n) is 4.06. The number of hydrogen-bond acceptors (Lipinski definition) is 6. The van der Waals surface area contributed by atoms with E-state index in [1.54, 1.807) is 6.07 Å². The minimum atomic E-state index is -4.66. The van der Waals surface area contributed by atoms with E-state index in [2.05, 4.69) is 20.1 Å². The van der Waals surface area contributed by atoms with Gasteiger partial charge in [-0.3, -0.25) is 9.78 Å². The number of nitrogens with one attached hydrogen (secondary N) is 1. The lowest BCUT2D eigenvalue weighted by molar-refractivity contribution is -0.164. The summed E-state index contributed by atoms with van der Waals surface area (Å²) in [6.45, 7) is 1.21. The molecule has 144 valence electrons. The maximum Gasteiger partial charge on any atom is 0.412 e. The van der Waals surface area contributed by atoms with Gasteiger partial charge in [-0.15, -0.1) is 10.2 Å². The number of halogens is 3. The molecule has 0 aromatic carbocycles. The van der Waals surface area contributed by atoms with Gasteiger partial charge in [0.1, 0.15) is 0 Å². The fourth-order valence-electron chi connectivity index (χ4n) is 2.75. The number of hydrogen-bond donors (Lipinski definition) is 1. The van der Waals surface area contributed by atoms with Crippen LogP contribution in [0.2, 0.25) is 0 Å². The molecule has 1 amide bonds. The number of carbonyl (C=O) groups is 1. The van der Waals surface area contributed by atoms with Crippen LogP contribution in [0.25, 0.3) is 0 Å². The summed E-state index contributed by atoms with van der Waals surface area (Å²) in [5.74, 6) is -0.150. The number of nitrogens with zero attached hydrogens (tertiary/aromatic N) is 4. The minimum Gasteiger partial charge on any atom is -0.466 e. The molecular formula is C17H18F3N5O2. The van der Waals surface area contributed by atoms with Crippen LogP contribution in [0, 0.1) is 0 Å². The minimum absolute atomic E-state index is 0.0676. The lowest BCUT2D eigenvalue weighted by Crippen LogP contribution is -2.40. The topological polar surface area (TPSA) is 80.2 Å². The van der Waals surface area contributed by atoms with E-state index in [0.29, 0.717) is 5.82 Å². The molecule has 1 saturated heterocycles. The SMILES string of the molecule is O=C(COc1ccc(N2CCCC2)nn1)NC(c1cccnc1)C(F)(F)F. The average molecular weight is 381 g/mol. The predicted molar refractivity (Wildman–Crippen MR) is 90.1 cm³/mol. The van der Waals surface area contributed by atoms with Gasteiger partial charge in [0.2, 0.25) is 5.88 Å². The monoisotopic (exact) mass is 381 g/mol. The van der Waals surface area contributed by atoms with E-state index in [9.17, 15) is 18.0 Å². The van der Waals surface area contributed by atoms with Gasteiger partial charge in [0.15, 0.2) is 18.5 Å². The Morgan fingerprint density at radius 3 is 2.59 bits per heavy atom. The maximum atomic E-state index is 13.2. The van der Waals surface area contributed by atoms with Crippen LogP contribution >= 0.6 is 0 Å². The van der Waals surface area contributed by atoms with Crippen molar-refractivity contribution in [1.82, 2.24) is 20.5 Å². The Labute approximate surface area is 153 Å². The fraction of sp³-hybridized carbons (Fsp3) is 0.412. The summed E-state index contributed by atoms with van der Waals surface area (Å²) in [7, 11) is 0. The van der Waals surface area contributed by atoms with E-state index in [4.69, 9.17) is 4.74 Å². The first-order valence-electron chi connectivity index (χ1n) is 8.41. The molecule has 1 atom stereocenters. The van der Waals surface area contributed by atoms with Gasteiger partial charge in [0, 0.05) is 37.1 Å². The van der Waals surface area contributed by atoms with Crippen molar-refractivity contribution >= 4 is 11.7 Å². The first-order valence-corrected chi connectivity index (χ1v) is 8.41. The molecule has 0 aliphatic carbocycles. The van der Waals surface area contributed by atoms with E-state index in [-0.39, 0.29) is 11.4 Å². The molecule has 27 heavy (non-hydrogen) atoms. The van der Waals surface area contributed by atoms with Crippen molar-refractivity contribution in [3.8, 4) is 5.88 Å². The van der Waals surface area contributed by atoms with Gasteiger partial charge in [0.05, 0.1) is 0 Å². The van der Waals surface area contributed by atoms with Crippen LogP contribution in [0.1, 0.15) is 24.4 Å². The molecule has 7 nitrogen and oxygen atoms in total. The average Bonchev–Trinajstić information content (AvgIpc) is 3.19. The van der Waals surface area contributed by atoms with Crippen molar-refractivity contribution in [3.05, 3.63) is 42.2 Å². The van der Waals surface area contributed by atoms with Crippen LogP contribution in [0.15, 0.2) is 36.7 Å². The van der Waals surface area contributed by atoms with Crippen molar-refractivity contribution in [3.63, 3.8) is 0 Å². The number of anilines is 1.